The van der Waals surface area contributed by atoms with Gasteiger partial charge in [0.25, 0.3) is 0 Å². The molecule has 6 heteroatoms. The smallest absolute Gasteiger partial charge is 0.0868 e. The van der Waals surface area contributed by atoms with E-state index in [1.165, 1.54) is 0 Å². The number of halogens is 3. The van der Waals surface area contributed by atoms with Crippen LogP contribution in [0.15, 0.2) is 24.4 Å². The van der Waals surface area contributed by atoms with E-state index < -0.39 is 0 Å². The van der Waals surface area contributed by atoms with Gasteiger partial charge in [-0.1, -0.05) is 44.3 Å². The molecule has 0 unspecified atom stereocenters. The Morgan fingerprint density at radius 3 is 2.87 bits per heavy atom. The molecule has 1 aromatic carbocycles. The van der Waals surface area contributed by atoms with E-state index in [9.17, 15) is 0 Å². The van der Waals surface area contributed by atoms with Crippen molar-refractivity contribution < 1.29 is 0 Å². The van der Waals surface area contributed by atoms with Crippen LogP contribution in [0.25, 0.3) is 5.69 Å². The Morgan fingerprint density at radius 2 is 2.13 bits per heavy atom. The Balaban J connectivity index is 2.58. The third kappa shape index (κ3) is 2.17. The van der Waals surface area contributed by atoms with Crippen LogP contribution in [0, 0.1) is 0 Å². The highest BCUT2D eigenvalue weighted by Gasteiger charge is 2.09. The Morgan fingerprint density at radius 1 is 1.33 bits per heavy atom. The van der Waals surface area contributed by atoms with Crippen molar-refractivity contribution in [1.29, 1.82) is 0 Å². The van der Waals surface area contributed by atoms with Crippen LogP contribution in [-0.2, 0) is 5.33 Å². The summed E-state index contributed by atoms with van der Waals surface area (Å²) in [4.78, 5) is 0. The maximum absolute atomic E-state index is 6.05. The molecule has 0 N–H and O–H groups in total. The van der Waals surface area contributed by atoms with Crippen molar-refractivity contribution in [2.45, 2.75) is 5.33 Å². The fraction of sp³-hybridized carbons (Fsp3) is 0.111. The van der Waals surface area contributed by atoms with Crippen LogP contribution in [0.5, 0.6) is 0 Å². The molecule has 0 radical (unpaired) electrons. The number of aromatic nitrogens is 3. The van der Waals surface area contributed by atoms with Gasteiger partial charge in [-0.3, -0.25) is 0 Å². The Hall–Kier alpha value is -0.580. The molecule has 0 saturated carbocycles. The summed E-state index contributed by atoms with van der Waals surface area (Å²) in [6.07, 6.45) is 1.67. The quantitative estimate of drug-likeness (QED) is 0.795. The minimum Gasteiger partial charge on any atom is -0.215 e. The third-order valence-corrected chi connectivity index (χ3v) is 3.02. The summed E-state index contributed by atoms with van der Waals surface area (Å²) in [7, 11) is 0. The number of alkyl halides is 1. The van der Waals surface area contributed by atoms with Crippen LogP contribution >= 0.6 is 39.1 Å². The summed E-state index contributed by atoms with van der Waals surface area (Å²) < 4.78 is 1.66. The van der Waals surface area contributed by atoms with Gasteiger partial charge in [0.15, 0.2) is 0 Å². The van der Waals surface area contributed by atoms with Gasteiger partial charge >= 0.3 is 0 Å². The number of hydrogen-bond acceptors (Lipinski definition) is 2. The first-order valence-corrected chi connectivity index (χ1v) is 6.01. The van der Waals surface area contributed by atoms with Crippen molar-refractivity contribution in [2.24, 2.45) is 0 Å². The van der Waals surface area contributed by atoms with E-state index in [2.05, 4.69) is 26.2 Å². The largest absolute Gasteiger partial charge is 0.215 e. The van der Waals surface area contributed by atoms with Crippen LogP contribution < -0.4 is 0 Å². The van der Waals surface area contributed by atoms with Gasteiger partial charge in [-0.25, -0.2) is 4.68 Å². The second-order valence-corrected chi connectivity index (χ2v) is 4.27. The Bertz CT molecular complexity index is 484. The number of rotatable bonds is 2. The van der Waals surface area contributed by atoms with Crippen LogP contribution in [0.1, 0.15) is 5.69 Å². The van der Waals surface area contributed by atoms with Gasteiger partial charge in [0, 0.05) is 10.4 Å². The van der Waals surface area contributed by atoms with E-state index in [1.807, 2.05) is 0 Å². The molecule has 0 amide bonds. The highest BCUT2D eigenvalue weighted by Crippen LogP contribution is 2.24. The monoisotopic (exact) mass is 305 g/mol. The highest BCUT2D eigenvalue weighted by molar-refractivity contribution is 9.08. The van der Waals surface area contributed by atoms with Crippen LogP contribution in [0.3, 0.4) is 0 Å². The second-order valence-electron chi connectivity index (χ2n) is 2.87. The summed E-state index contributed by atoms with van der Waals surface area (Å²) in [6.45, 7) is 0. The normalized spacial score (nSPS) is 10.6. The van der Waals surface area contributed by atoms with Crippen molar-refractivity contribution >= 4 is 39.1 Å². The fourth-order valence-corrected chi connectivity index (χ4v) is 1.94. The number of hydrogen-bond donors (Lipinski definition) is 0. The van der Waals surface area contributed by atoms with Crippen molar-refractivity contribution in [2.75, 3.05) is 0 Å². The lowest BCUT2D eigenvalue weighted by atomic mass is 10.3. The standard InChI is InChI=1S/C9H6BrCl2N3/c10-4-7-5-13-14-15(7)9-3-6(11)1-2-8(9)12/h1-3,5H,4H2. The molecular formula is C9H6BrCl2N3. The van der Waals surface area contributed by atoms with Crippen LogP contribution in [0.2, 0.25) is 10.0 Å². The van der Waals surface area contributed by atoms with E-state index in [0.29, 0.717) is 15.4 Å². The molecule has 15 heavy (non-hydrogen) atoms. The second kappa shape index (κ2) is 4.51. The summed E-state index contributed by atoms with van der Waals surface area (Å²) >= 11 is 15.3. The molecule has 1 aromatic heterocycles. The van der Waals surface area contributed by atoms with Crippen LogP contribution in [-0.4, -0.2) is 15.0 Å². The van der Waals surface area contributed by atoms with E-state index in [-0.39, 0.29) is 0 Å². The van der Waals surface area contributed by atoms with Crippen molar-refractivity contribution in [3.05, 3.63) is 40.1 Å². The lowest BCUT2D eigenvalue weighted by molar-refractivity contribution is 0.783. The Labute approximate surface area is 105 Å². The van der Waals surface area contributed by atoms with Gasteiger partial charge in [-0.2, -0.15) is 0 Å². The highest BCUT2D eigenvalue weighted by atomic mass is 79.9. The van der Waals surface area contributed by atoms with Gasteiger partial charge in [0.2, 0.25) is 0 Å². The first-order chi connectivity index (χ1) is 7.22. The fourth-order valence-electron chi connectivity index (χ4n) is 1.20. The average Bonchev–Trinajstić information content (AvgIpc) is 2.69. The summed E-state index contributed by atoms with van der Waals surface area (Å²) in [5, 5.41) is 9.64. The zero-order valence-electron chi connectivity index (χ0n) is 7.49. The molecule has 0 fully saturated rings. The molecule has 0 atom stereocenters. The molecule has 2 rings (SSSR count). The summed E-state index contributed by atoms with van der Waals surface area (Å²) in [5.41, 5.74) is 1.65. The molecule has 1 heterocycles. The molecule has 78 valence electrons. The van der Waals surface area contributed by atoms with Crippen LogP contribution in [0.4, 0.5) is 0 Å². The lowest BCUT2D eigenvalue weighted by Gasteiger charge is -2.06. The zero-order chi connectivity index (χ0) is 10.8. The van der Waals surface area contributed by atoms with Crippen molar-refractivity contribution in [3.8, 4) is 5.69 Å². The third-order valence-electron chi connectivity index (χ3n) is 1.89. The number of nitrogens with zero attached hydrogens (tertiary/aromatic N) is 3. The summed E-state index contributed by atoms with van der Waals surface area (Å²) in [6, 6.07) is 5.22. The molecule has 3 nitrogen and oxygen atoms in total. The molecule has 0 aliphatic carbocycles. The van der Waals surface area contributed by atoms with Gasteiger partial charge in [-0.05, 0) is 18.2 Å². The van der Waals surface area contributed by atoms with Gasteiger partial charge in [0.05, 0.1) is 22.6 Å². The minimum absolute atomic E-state index is 0.590. The van der Waals surface area contributed by atoms with Gasteiger partial charge in [-0.15, -0.1) is 5.10 Å². The molecule has 0 bridgehead atoms. The van der Waals surface area contributed by atoms with E-state index >= 15 is 0 Å². The van der Waals surface area contributed by atoms with E-state index in [4.69, 9.17) is 23.2 Å². The predicted octanol–water partition coefficient (Wildman–Crippen LogP) is 3.47. The molecule has 0 saturated heterocycles. The minimum atomic E-state index is 0.590. The molecule has 0 aliphatic rings. The van der Waals surface area contributed by atoms with E-state index in [0.717, 1.165) is 11.4 Å². The van der Waals surface area contributed by atoms with Gasteiger partial charge < -0.3 is 0 Å². The molecule has 0 spiro atoms. The SMILES string of the molecule is Clc1ccc(Cl)c(-n2nncc2CBr)c1. The molecule has 2 aromatic rings. The molecular weight excluding hydrogens is 301 g/mol. The maximum Gasteiger partial charge on any atom is 0.0868 e. The number of benzene rings is 1. The predicted molar refractivity (Wildman–Crippen MR) is 64.0 cm³/mol. The Kier molecular flexibility index (Phi) is 3.29. The lowest BCUT2D eigenvalue weighted by Crippen LogP contribution is -2.01. The van der Waals surface area contributed by atoms with E-state index in [1.54, 1.807) is 29.1 Å². The van der Waals surface area contributed by atoms with Crippen molar-refractivity contribution in [1.82, 2.24) is 15.0 Å². The molecule has 0 aliphatic heterocycles. The zero-order valence-corrected chi connectivity index (χ0v) is 10.6. The van der Waals surface area contributed by atoms with Crippen molar-refractivity contribution in [3.63, 3.8) is 0 Å². The summed E-state index contributed by atoms with van der Waals surface area (Å²) in [5.74, 6) is 0. The topological polar surface area (TPSA) is 30.7 Å². The maximum atomic E-state index is 6.05. The average molecular weight is 307 g/mol. The first kappa shape index (κ1) is 10.9. The first-order valence-electron chi connectivity index (χ1n) is 4.13. The van der Waals surface area contributed by atoms with Gasteiger partial charge in [0.1, 0.15) is 0 Å².